The predicted octanol–water partition coefficient (Wildman–Crippen LogP) is -0.453. The number of hydrogen-bond acceptors (Lipinski definition) is 5. The molecule has 0 aromatic heterocycles. The summed E-state index contributed by atoms with van der Waals surface area (Å²) in [4.78, 5) is 12.3. The highest BCUT2D eigenvalue weighted by Crippen LogP contribution is 2.26. The highest BCUT2D eigenvalue weighted by atomic mass is 16.4. The highest BCUT2D eigenvalue weighted by Gasteiger charge is 2.40. The standard InChI is InChI=1S/C14H19NO4/c1-14(19,8-16)13(18)12(17)11-10-5-3-2-4-9(10)6-7-15-11/h2-5,11,13,15-16,18-19H,6-8H2,1H3. The zero-order valence-electron chi connectivity index (χ0n) is 10.8. The van der Waals surface area contributed by atoms with Gasteiger partial charge in [-0.25, -0.2) is 0 Å². The smallest absolute Gasteiger partial charge is 0.185 e. The van der Waals surface area contributed by atoms with Crippen LogP contribution in [-0.4, -0.2) is 46.0 Å². The van der Waals surface area contributed by atoms with Crippen molar-refractivity contribution in [3.05, 3.63) is 35.4 Å². The third kappa shape index (κ3) is 2.69. The number of aliphatic hydroxyl groups is 3. The minimum atomic E-state index is -1.83. The van der Waals surface area contributed by atoms with Crippen LogP contribution in [-0.2, 0) is 11.2 Å². The Bertz CT molecular complexity index is 472. The zero-order chi connectivity index (χ0) is 14.0. The van der Waals surface area contributed by atoms with Gasteiger partial charge in [0.25, 0.3) is 0 Å². The maximum Gasteiger partial charge on any atom is 0.185 e. The van der Waals surface area contributed by atoms with Gasteiger partial charge < -0.3 is 20.6 Å². The lowest BCUT2D eigenvalue weighted by atomic mass is 9.86. The molecule has 3 atom stereocenters. The topological polar surface area (TPSA) is 89.8 Å². The second kappa shape index (κ2) is 5.38. The van der Waals surface area contributed by atoms with Crippen LogP contribution in [0.5, 0.6) is 0 Å². The first kappa shape index (κ1) is 14.1. The fourth-order valence-electron chi connectivity index (χ4n) is 2.31. The number of hydrogen-bond donors (Lipinski definition) is 4. The fourth-order valence-corrected chi connectivity index (χ4v) is 2.31. The van der Waals surface area contributed by atoms with Crippen LogP contribution >= 0.6 is 0 Å². The Morgan fingerprint density at radius 3 is 2.89 bits per heavy atom. The van der Waals surface area contributed by atoms with Gasteiger partial charge in [-0.1, -0.05) is 24.3 Å². The molecule has 0 fully saturated rings. The van der Waals surface area contributed by atoms with Gasteiger partial charge in [-0.3, -0.25) is 4.79 Å². The van der Waals surface area contributed by atoms with Crippen LogP contribution in [0.15, 0.2) is 24.3 Å². The summed E-state index contributed by atoms with van der Waals surface area (Å²) in [5.41, 5.74) is 0.0625. The molecule has 104 valence electrons. The normalized spacial score (nSPS) is 23.3. The SMILES string of the molecule is CC(O)(CO)C(O)C(=O)C1NCCc2ccccc21. The number of carbonyl (C=O) groups is 1. The Balaban J connectivity index is 2.26. The molecule has 1 aromatic carbocycles. The van der Waals surface area contributed by atoms with E-state index < -0.39 is 30.1 Å². The quantitative estimate of drug-likeness (QED) is 0.592. The van der Waals surface area contributed by atoms with Crippen molar-refractivity contribution in [2.75, 3.05) is 13.2 Å². The molecular weight excluding hydrogens is 246 g/mol. The Hall–Kier alpha value is -1.27. The number of fused-ring (bicyclic) bond motifs is 1. The monoisotopic (exact) mass is 265 g/mol. The lowest BCUT2D eigenvalue weighted by molar-refractivity contribution is -0.148. The first-order valence-corrected chi connectivity index (χ1v) is 6.33. The van der Waals surface area contributed by atoms with Gasteiger partial charge in [0.2, 0.25) is 0 Å². The summed E-state index contributed by atoms with van der Waals surface area (Å²) in [5.74, 6) is -0.522. The molecule has 19 heavy (non-hydrogen) atoms. The Morgan fingerprint density at radius 2 is 2.21 bits per heavy atom. The van der Waals surface area contributed by atoms with Gasteiger partial charge in [0, 0.05) is 6.54 Å². The van der Waals surface area contributed by atoms with Crippen molar-refractivity contribution in [2.45, 2.75) is 31.1 Å². The van der Waals surface area contributed by atoms with Crippen LogP contribution in [0.3, 0.4) is 0 Å². The van der Waals surface area contributed by atoms with Crippen molar-refractivity contribution in [1.82, 2.24) is 5.32 Å². The Kier molecular flexibility index (Phi) is 4.01. The summed E-state index contributed by atoms with van der Waals surface area (Å²) in [7, 11) is 0. The molecule has 0 saturated heterocycles. The first-order chi connectivity index (χ1) is 8.97. The van der Waals surface area contributed by atoms with Gasteiger partial charge in [-0.15, -0.1) is 0 Å². The van der Waals surface area contributed by atoms with Crippen molar-refractivity contribution >= 4 is 5.78 Å². The molecule has 0 aliphatic carbocycles. The third-order valence-corrected chi connectivity index (χ3v) is 3.57. The van der Waals surface area contributed by atoms with Gasteiger partial charge in [0.05, 0.1) is 12.6 Å². The van der Waals surface area contributed by atoms with Crippen molar-refractivity contribution in [1.29, 1.82) is 0 Å². The van der Waals surface area contributed by atoms with E-state index in [4.69, 9.17) is 5.11 Å². The lowest BCUT2D eigenvalue weighted by Crippen LogP contribution is -2.51. The molecule has 1 aromatic rings. The summed E-state index contributed by atoms with van der Waals surface area (Å²) >= 11 is 0. The van der Waals surface area contributed by atoms with E-state index in [0.29, 0.717) is 6.54 Å². The van der Waals surface area contributed by atoms with Crippen LogP contribution in [0.4, 0.5) is 0 Å². The number of carbonyl (C=O) groups excluding carboxylic acids is 1. The second-order valence-electron chi connectivity index (χ2n) is 5.16. The van der Waals surface area contributed by atoms with Crippen LogP contribution in [0, 0.1) is 0 Å². The van der Waals surface area contributed by atoms with E-state index in [2.05, 4.69) is 5.32 Å². The fraction of sp³-hybridized carbons (Fsp3) is 0.500. The van der Waals surface area contributed by atoms with Crippen LogP contribution in [0.1, 0.15) is 24.1 Å². The van der Waals surface area contributed by atoms with E-state index in [9.17, 15) is 15.0 Å². The average Bonchev–Trinajstić information content (AvgIpc) is 2.45. The number of rotatable bonds is 4. The average molecular weight is 265 g/mol. The molecule has 1 heterocycles. The highest BCUT2D eigenvalue weighted by molar-refractivity contribution is 5.90. The summed E-state index contributed by atoms with van der Waals surface area (Å²) in [6.07, 6.45) is -0.798. The molecule has 1 aliphatic rings. The molecule has 0 spiro atoms. The molecule has 2 rings (SSSR count). The molecule has 4 N–H and O–H groups in total. The molecule has 0 saturated carbocycles. The van der Waals surface area contributed by atoms with E-state index in [0.717, 1.165) is 17.5 Å². The van der Waals surface area contributed by atoms with Gasteiger partial charge in [0.1, 0.15) is 11.7 Å². The molecular formula is C14H19NO4. The minimum Gasteiger partial charge on any atom is -0.393 e. The summed E-state index contributed by atoms with van der Waals surface area (Å²) in [6.45, 7) is 1.21. The van der Waals surface area contributed by atoms with Gasteiger partial charge >= 0.3 is 0 Å². The molecule has 5 nitrogen and oxygen atoms in total. The van der Waals surface area contributed by atoms with Gasteiger partial charge in [-0.05, 0) is 24.5 Å². The van der Waals surface area contributed by atoms with Crippen LogP contribution in [0.2, 0.25) is 0 Å². The zero-order valence-corrected chi connectivity index (χ0v) is 10.8. The largest absolute Gasteiger partial charge is 0.393 e. The summed E-state index contributed by atoms with van der Waals surface area (Å²) < 4.78 is 0. The number of nitrogens with one attached hydrogen (secondary N) is 1. The maximum absolute atomic E-state index is 12.3. The lowest BCUT2D eigenvalue weighted by Gasteiger charge is -2.32. The number of ketones is 1. The van der Waals surface area contributed by atoms with Gasteiger partial charge in [-0.2, -0.15) is 0 Å². The number of aliphatic hydroxyl groups excluding tert-OH is 2. The van der Waals surface area contributed by atoms with Crippen molar-refractivity contribution < 1.29 is 20.1 Å². The summed E-state index contributed by atoms with van der Waals surface area (Å²) in [6, 6.07) is 6.89. The van der Waals surface area contributed by atoms with Crippen molar-refractivity contribution in [3.8, 4) is 0 Å². The van der Waals surface area contributed by atoms with E-state index in [-0.39, 0.29) is 0 Å². The maximum atomic E-state index is 12.3. The summed E-state index contributed by atoms with van der Waals surface area (Å²) in [5, 5.41) is 31.8. The van der Waals surface area contributed by atoms with E-state index >= 15 is 0 Å². The molecule has 5 heteroatoms. The Morgan fingerprint density at radius 1 is 1.53 bits per heavy atom. The molecule has 3 unspecified atom stereocenters. The number of benzene rings is 1. The first-order valence-electron chi connectivity index (χ1n) is 6.33. The number of Topliss-reactive ketones (excluding diaryl/α,β-unsaturated/α-hetero) is 1. The van der Waals surface area contributed by atoms with Gasteiger partial charge in [0.15, 0.2) is 5.78 Å². The van der Waals surface area contributed by atoms with E-state index in [1.165, 1.54) is 6.92 Å². The molecule has 1 aliphatic heterocycles. The van der Waals surface area contributed by atoms with Crippen LogP contribution in [0.25, 0.3) is 0 Å². The van der Waals surface area contributed by atoms with Crippen molar-refractivity contribution in [2.24, 2.45) is 0 Å². The molecule has 0 radical (unpaired) electrons. The van der Waals surface area contributed by atoms with Crippen molar-refractivity contribution in [3.63, 3.8) is 0 Å². The minimum absolute atomic E-state index is 0.522. The second-order valence-corrected chi connectivity index (χ2v) is 5.16. The van der Waals surface area contributed by atoms with E-state index in [1.54, 1.807) is 0 Å². The Labute approximate surface area is 111 Å². The molecule has 0 amide bonds. The van der Waals surface area contributed by atoms with Crippen LogP contribution < -0.4 is 5.32 Å². The predicted molar refractivity (Wildman–Crippen MR) is 69.6 cm³/mol. The van der Waals surface area contributed by atoms with E-state index in [1.807, 2.05) is 24.3 Å². The third-order valence-electron chi connectivity index (χ3n) is 3.57. The molecule has 0 bridgehead atoms.